The minimum Gasteiger partial charge on any atom is -0.252 e. The smallest absolute Gasteiger partial charge is 0.203 e. The van der Waals surface area contributed by atoms with Gasteiger partial charge in [-0.3, -0.25) is 5.43 Å². The van der Waals surface area contributed by atoms with Gasteiger partial charge in [0.2, 0.25) is 5.13 Å². The Morgan fingerprint density at radius 1 is 1.21 bits per heavy atom. The van der Waals surface area contributed by atoms with Crippen molar-refractivity contribution in [2.45, 2.75) is 6.92 Å². The monoisotopic (exact) mass is 268 g/mol. The average Bonchev–Trinajstić information content (AvgIpc) is 2.97. The summed E-state index contributed by atoms with van der Waals surface area (Å²) in [4.78, 5) is 8.70. The Bertz CT molecular complexity index is 719. The molecule has 0 radical (unpaired) electrons. The van der Waals surface area contributed by atoms with Crippen molar-refractivity contribution in [1.82, 2.24) is 9.97 Å². The zero-order valence-electron chi connectivity index (χ0n) is 10.4. The number of pyridine rings is 1. The van der Waals surface area contributed by atoms with Crippen molar-refractivity contribution in [3.05, 3.63) is 53.7 Å². The molecule has 0 unspecified atom stereocenters. The van der Waals surface area contributed by atoms with E-state index in [4.69, 9.17) is 0 Å². The van der Waals surface area contributed by atoms with Crippen molar-refractivity contribution >= 4 is 33.1 Å². The predicted octanol–water partition coefficient (Wildman–Crippen LogP) is 3.53. The van der Waals surface area contributed by atoms with Gasteiger partial charge in [-0.05, 0) is 19.1 Å². The van der Waals surface area contributed by atoms with Crippen LogP contribution in [0.4, 0.5) is 5.13 Å². The molecular weight excluding hydrogens is 256 g/mol. The van der Waals surface area contributed by atoms with Crippen molar-refractivity contribution < 1.29 is 0 Å². The van der Waals surface area contributed by atoms with Crippen LogP contribution in [-0.4, -0.2) is 15.7 Å². The molecule has 5 heteroatoms. The van der Waals surface area contributed by atoms with Gasteiger partial charge in [-0.15, -0.1) is 11.3 Å². The lowest BCUT2D eigenvalue weighted by atomic mass is 10.2. The molecule has 1 N–H and O–H groups in total. The molecule has 0 amide bonds. The van der Waals surface area contributed by atoms with Gasteiger partial charge in [0, 0.05) is 17.0 Å². The molecule has 3 rings (SSSR count). The molecule has 0 atom stereocenters. The van der Waals surface area contributed by atoms with Gasteiger partial charge >= 0.3 is 0 Å². The fraction of sp³-hybridized carbons (Fsp3) is 0.0714. The van der Waals surface area contributed by atoms with Gasteiger partial charge in [-0.2, -0.15) is 5.10 Å². The van der Waals surface area contributed by atoms with Gasteiger partial charge in [0.15, 0.2) is 0 Å². The van der Waals surface area contributed by atoms with Crippen molar-refractivity contribution in [1.29, 1.82) is 0 Å². The number of hydrazone groups is 1. The van der Waals surface area contributed by atoms with Crippen molar-refractivity contribution in [2.24, 2.45) is 5.10 Å². The molecule has 0 saturated carbocycles. The lowest BCUT2D eigenvalue weighted by molar-refractivity contribution is 1.25. The molecular formula is C14H12N4S. The summed E-state index contributed by atoms with van der Waals surface area (Å²) in [7, 11) is 0. The molecule has 2 heterocycles. The molecule has 0 aliphatic carbocycles. The maximum Gasteiger partial charge on any atom is 0.203 e. The van der Waals surface area contributed by atoms with E-state index in [1.807, 2.05) is 42.6 Å². The minimum atomic E-state index is 0.778. The molecule has 0 aliphatic rings. The predicted molar refractivity (Wildman–Crippen MR) is 79.7 cm³/mol. The van der Waals surface area contributed by atoms with E-state index in [1.165, 1.54) is 11.3 Å². The van der Waals surface area contributed by atoms with Crippen LogP contribution in [0, 0.1) is 0 Å². The summed E-state index contributed by atoms with van der Waals surface area (Å²) in [5.41, 5.74) is 5.60. The highest BCUT2D eigenvalue weighted by molar-refractivity contribution is 7.13. The van der Waals surface area contributed by atoms with Gasteiger partial charge in [-0.1, -0.05) is 24.3 Å². The van der Waals surface area contributed by atoms with E-state index in [1.54, 1.807) is 6.20 Å². The molecule has 1 aromatic carbocycles. The highest BCUT2D eigenvalue weighted by Gasteiger charge is 2.01. The van der Waals surface area contributed by atoms with Crippen LogP contribution in [0.3, 0.4) is 0 Å². The Hall–Kier alpha value is -2.27. The normalized spacial score (nSPS) is 11.7. The Balaban J connectivity index is 1.88. The Morgan fingerprint density at radius 3 is 2.95 bits per heavy atom. The molecule has 2 aromatic heterocycles. The van der Waals surface area contributed by atoms with E-state index in [0.29, 0.717) is 0 Å². The lowest BCUT2D eigenvalue weighted by Gasteiger charge is -2.02. The largest absolute Gasteiger partial charge is 0.252 e. The zero-order chi connectivity index (χ0) is 13.1. The van der Waals surface area contributed by atoms with E-state index in [2.05, 4.69) is 26.6 Å². The van der Waals surface area contributed by atoms with Crippen LogP contribution in [0.5, 0.6) is 0 Å². The molecule has 94 valence electrons. The third kappa shape index (κ3) is 2.61. The first-order valence-electron chi connectivity index (χ1n) is 5.89. The second kappa shape index (κ2) is 5.16. The number of para-hydroxylation sites is 1. The number of aromatic nitrogens is 2. The zero-order valence-corrected chi connectivity index (χ0v) is 11.2. The Labute approximate surface area is 114 Å². The number of rotatable bonds is 3. The maximum absolute atomic E-state index is 4.59. The van der Waals surface area contributed by atoms with E-state index in [9.17, 15) is 0 Å². The summed E-state index contributed by atoms with van der Waals surface area (Å²) in [5.74, 6) is 0. The third-order valence-corrected chi connectivity index (χ3v) is 3.40. The maximum atomic E-state index is 4.59. The van der Waals surface area contributed by atoms with E-state index in [0.717, 1.165) is 27.4 Å². The highest BCUT2D eigenvalue weighted by atomic mass is 32.1. The summed E-state index contributed by atoms with van der Waals surface area (Å²) in [6.45, 7) is 1.93. The second-order valence-corrected chi connectivity index (χ2v) is 4.93. The van der Waals surface area contributed by atoms with Crippen LogP contribution >= 0.6 is 11.3 Å². The Morgan fingerprint density at radius 2 is 2.11 bits per heavy atom. The number of nitrogens with one attached hydrogen (secondary N) is 1. The summed E-state index contributed by atoms with van der Waals surface area (Å²) in [5, 5.41) is 8.11. The SMILES string of the molecule is C/C(=N\Nc1nccs1)c1ccc2ccccc2n1. The van der Waals surface area contributed by atoms with E-state index < -0.39 is 0 Å². The second-order valence-electron chi connectivity index (χ2n) is 4.04. The summed E-state index contributed by atoms with van der Waals surface area (Å²) < 4.78 is 0. The fourth-order valence-electron chi connectivity index (χ4n) is 1.74. The van der Waals surface area contributed by atoms with Crippen molar-refractivity contribution in [2.75, 3.05) is 5.43 Å². The molecule has 3 aromatic rings. The van der Waals surface area contributed by atoms with Crippen LogP contribution in [0.2, 0.25) is 0 Å². The van der Waals surface area contributed by atoms with Gasteiger partial charge in [0.1, 0.15) is 0 Å². The number of nitrogens with zero attached hydrogens (tertiary/aromatic N) is 3. The van der Waals surface area contributed by atoms with Gasteiger partial charge in [0.05, 0.1) is 16.9 Å². The number of fused-ring (bicyclic) bond motifs is 1. The number of benzene rings is 1. The number of hydrogen-bond donors (Lipinski definition) is 1. The minimum absolute atomic E-state index is 0.778. The highest BCUT2D eigenvalue weighted by Crippen LogP contribution is 2.13. The molecule has 19 heavy (non-hydrogen) atoms. The standard InChI is InChI=1S/C14H12N4S/c1-10(17-18-14-15-8-9-19-14)12-7-6-11-4-2-3-5-13(11)16-12/h2-9H,1H3,(H,15,18)/b17-10+. The number of thiazole rings is 1. The first kappa shape index (κ1) is 11.8. The molecule has 0 fully saturated rings. The topological polar surface area (TPSA) is 50.2 Å². The van der Waals surface area contributed by atoms with Gasteiger partial charge in [-0.25, -0.2) is 9.97 Å². The van der Waals surface area contributed by atoms with Crippen molar-refractivity contribution in [3.63, 3.8) is 0 Å². The molecule has 0 bridgehead atoms. The number of hydrogen-bond acceptors (Lipinski definition) is 5. The first-order valence-corrected chi connectivity index (χ1v) is 6.77. The molecule has 4 nitrogen and oxygen atoms in total. The summed E-state index contributed by atoms with van der Waals surface area (Å²) >= 11 is 1.51. The van der Waals surface area contributed by atoms with Crippen LogP contribution in [0.25, 0.3) is 10.9 Å². The van der Waals surface area contributed by atoms with Crippen LogP contribution in [-0.2, 0) is 0 Å². The lowest BCUT2D eigenvalue weighted by Crippen LogP contribution is -2.02. The van der Waals surface area contributed by atoms with Crippen LogP contribution in [0.1, 0.15) is 12.6 Å². The van der Waals surface area contributed by atoms with Crippen LogP contribution in [0.15, 0.2) is 53.1 Å². The fourth-order valence-corrected chi connectivity index (χ4v) is 2.21. The van der Waals surface area contributed by atoms with Crippen LogP contribution < -0.4 is 5.43 Å². The quantitative estimate of drug-likeness (QED) is 0.584. The number of anilines is 1. The average molecular weight is 268 g/mol. The molecule has 0 saturated heterocycles. The summed E-state index contributed by atoms with van der Waals surface area (Å²) in [6, 6.07) is 12.1. The van der Waals surface area contributed by atoms with Crippen molar-refractivity contribution in [3.8, 4) is 0 Å². The molecule has 0 spiro atoms. The van der Waals surface area contributed by atoms with E-state index >= 15 is 0 Å². The third-order valence-electron chi connectivity index (χ3n) is 2.72. The summed E-state index contributed by atoms with van der Waals surface area (Å²) in [6.07, 6.45) is 1.74. The molecule has 0 aliphatic heterocycles. The first-order chi connectivity index (χ1) is 9.33. The van der Waals surface area contributed by atoms with Gasteiger partial charge in [0.25, 0.3) is 0 Å². The Kier molecular flexibility index (Phi) is 3.20. The van der Waals surface area contributed by atoms with Gasteiger partial charge < -0.3 is 0 Å². The van der Waals surface area contributed by atoms with E-state index in [-0.39, 0.29) is 0 Å².